The Labute approximate surface area is 107 Å². The molecule has 1 saturated heterocycles. The molecule has 0 unspecified atom stereocenters. The van der Waals surface area contributed by atoms with Crippen molar-refractivity contribution in [3.05, 3.63) is 0 Å². The Bertz CT molecular complexity index is 308. The Balaban J connectivity index is 1.75. The Morgan fingerprint density at radius 1 is 1.22 bits per heavy atom. The van der Waals surface area contributed by atoms with Crippen molar-refractivity contribution in [3.63, 3.8) is 0 Å². The lowest BCUT2D eigenvalue weighted by atomic mass is 10.0. The predicted molar refractivity (Wildman–Crippen MR) is 65.2 cm³/mol. The summed E-state index contributed by atoms with van der Waals surface area (Å²) in [5.74, 6) is -0.960. The van der Waals surface area contributed by atoms with Gasteiger partial charge in [0, 0.05) is 19.1 Å². The molecule has 1 N–H and O–H groups in total. The second kappa shape index (κ2) is 6.18. The number of hydrogen-bond acceptors (Lipinski definition) is 3. The molecule has 102 valence electrons. The van der Waals surface area contributed by atoms with Crippen LogP contribution in [0.5, 0.6) is 0 Å². The van der Waals surface area contributed by atoms with Crippen LogP contribution in [0.3, 0.4) is 0 Å². The molecule has 1 amide bonds. The van der Waals surface area contributed by atoms with E-state index in [0.717, 1.165) is 38.7 Å². The zero-order chi connectivity index (χ0) is 13.0. The van der Waals surface area contributed by atoms with Gasteiger partial charge in [0.05, 0.1) is 6.10 Å². The lowest BCUT2D eigenvalue weighted by Gasteiger charge is -2.24. The van der Waals surface area contributed by atoms with E-state index >= 15 is 0 Å². The van der Waals surface area contributed by atoms with Gasteiger partial charge in [-0.05, 0) is 38.5 Å². The number of nitrogens with zero attached hydrogens (tertiary/aromatic N) is 1. The first-order valence-electron chi connectivity index (χ1n) is 6.79. The summed E-state index contributed by atoms with van der Waals surface area (Å²) in [6.07, 6.45) is 6.51. The van der Waals surface area contributed by atoms with Crippen LogP contribution in [0.4, 0.5) is 0 Å². The average molecular weight is 255 g/mol. The van der Waals surface area contributed by atoms with Crippen LogP contribution in [0.2, 0.25) is 0 Å². The van der Waals surface area contributed by atoms with E-state index in [0.29, 0.717) is 6.42 Å². The molecule has 0 bridgehead atoms. The maximum atomic E-state index is 12.0. The van der Waals surface area contributed by atoms with Gasteiger partial charge in [-0.15, -0.1) is 0 Å². The Hall–Kier alpha value is -1.10. The highest BCUT2D eigenvalue weighted by Gasteiger charge is 2.33. The molecule has 1 aliphatic carbocycles. The van der Waals surface area contributed by atoms with Gasteiger partial charge in [-0.1, -0.05) is 0 Å². The number of rotatable bonds is 6. The minimum atomic E-state index is -0.927. The highest BCUT2D eigenvalue weighted by atomic mass is 16.5. The van der Waals surface area contributed by atoms with Gasteiger partial charge < -0.3 is 14.7 Å². The number of carboxylic acids is 1. The van der Waals surface area contributed by atoms with Gasteiger partial charge in [0.15, 0.2) is 0 Å². The van der Waals surface area contributed by atoms with Crippen molar-refractivity contribution in [2.45, 2.75) is 57.1 Å². The fourth-order valence-corrected chi connectivity index (χ4v) is 2.42. The third-order valence-corrected chi connectivity index (χ3v) is 3.57. The fourth-order valence-electron chi connectivity index (χ4n) is 2.42. The molecule has 5 heteroatoms. The second-order valence-corrected chi connectivity index (χ2v) is 5.17. The maximum Gasteiger partial charge on any atom is 0.323 e. The van der Waals surface area contributed by atoms with Crippen molar-refractivity contribution in [3.8, 4) is 0 Å². The van der Waals surface area contributed by atoms with Crippen LogP contribution in [-0.4, -0.2) is 47.2 Å². The van der Waals surface area contributed by atoms with Crippen molar-refractivity contribution in [2.75, 3.05) is 13.2 Å². The third kappa shape index (κ3) is 3.98. The molecule has 1 aliphatic heterocycles. The topological polar surface area (TPSA) is 66.8 Å². The fraction of sp³-hybridized carbons (Fsp3) is 0.846. The molecule has 2 aliphatic rings. The summed E-state index contributed by atoms with van der Waals surface area (Å²) in [6, 6.07) is 0.167. The zero-order valence-corrected chi connectivity index (χ0v) is 10.6. The van der Waals surface area contributed by atoms with E-state index in [1.807, 2.05) is 0 Å². The summed E-state index contributed by atoms with van der Waals surface area (Å²) in [5, 5.41) is 8.81. The van der Waals surface area contributed by atoms with Crippen LogP contribution in [-0.2, 0) is 14.3 Å². The molecular weight excluding hydrogens is 234 g/mol. The summed E-state index contributed by atoms with van der Waals surface area (Å²) in [7, 11) is 0. The van der Waals surface area contributed by atoms with E-state index in [1.165, 1.54) is 11.3 Å². The van der Waals surface area contributed by atoms with Gasteiger partial charge in [-0.2, -0.15) is 0 Å². The van der Waals surface area contributed by atoms with Crippen molar-refractivity contribution >= 4 is 11.9 Å². The van der Waals surface area contributed by atoms with E-state index in [9.17, 15) is 9.59 Å². The molecule has 18 heavy (non-hydrogen) atoms. The van der Waals surface area contributed by atoms with Crippen molar-refractivity contribution < 1.29 is 19.4 Å². The molecule has 2 rings (SSSR count). The zero-order valence-electron chi connectivity index (χ0n) is 10.6. The minimum absolute atomic E-state index is 0.0333. The van der Waals surface area contributed by atoms with Gasteiger partial charge in [0.25, 0.3) is 0 Å². The number of carbonyl (C=O) groups excluding carboxylic acids is 1. The number of amides is 1. The standard InChI is InChI=1S/C13H21NO4/c15-12(7-6-11-3-1-2-8-18-11)14(9-13(16)17)10-4-5-10/h10-11H,1-9H2,(H,16,17)/t11-/m0/s1. The van der Waals surface area contributed by atoms with E-state index in [1.54, 1.807) is 0 Å². The lowest BCUT2D eigenvalue weighted by molar-refractivity contribution is -0.145. The van der Waals surface area contributed by atoms with Crippen molar-refractivity contribution in [2.24, 2.45) is 0 Å². The van der Waals surface area contributed by atoms with Crippen molar-refractivity contribution in [1.29, 1.82) is 0 Å². The van der Waals surface area contributed by atoms with Crippen LogP contribution in [0.15, 0.2) is 0 Å². The van der Waals surface area contributed by atoms with Gasteiger partial charge >= 0.3 is 5.97 Å². The summed E-state index contributed by atoms with van der Waals surface area (Å²) in [4.78, 5) is 24.3. The van der Waals surface area contributed by atoms with Crippen LogP contribution in [0, 0.1) is 0 Å². The smallest absolute Gasteiger partial charge is 0.323 e. The van der Waals surface area contributed by atoms with E-state index < -0.39 is 5.97 Å². The highest BCUT2D eigenvalue weighted by molar-refractivity contribution is 5.81. The molecule has 5 nitrogen and oxygen atoms in total. The molecular formula is C13H21NO4. The monoisotopic (exact) mass is 255 g/mol. The number of aliphatic carboxylic acids is 1. The van der Waals surface area contributed by atoms with Crippen LogP contribution >= 0.6 is 0 Å². The highest BCUT2D eigenvalue weighted by Crippen LogP contribution is 2.28. The Morgan fingerprint density at radius 2 is 2.00 bits per heavy atom. The van der Waals surface area contributed by atoms with Crippen LogP contribution in [0.1, 0.15) is 44.9 Å². The molecule has 1 atom stereocenters. The first-order valence-corrected chi connectivity index (χ1v) is 6.79. The number of carbonyl (C=O) groups is 2. The van der Waals surface area contributed by atoms with Crippen LogP contribution < -0.4 is 0 Å². The Morgan fingerprint density at radius 3 is 2.56 bits per heavy atom. The van der Waals surface area contributed by atoms with Crippen molar-refractivity contribution in [1.82, 2.24) is 4.90 Å². The molecule has 1 saturated carbocycles. The number of carboxylic acid groups (broad SMARTS) is 1. The summed E-state index contributed by atoms with van der Waals surface area (Å²) < 4.78 is 5.58. The average Bonchev–Trinajstić information content (AvgIpc) is 3.18. The minimum Gasteiger partial charge on any atom is -0.480 e. The van der Waals surface area contributed by atoms with E-state index in [4.69, 9.17) is 9.84 Å². The maximum absolute atomic E-state index is 12.0. The molecule has 0 spiro atoms. The summed E-state index contributed by atoms with van der Waals surface area (Å²) >= 11 is 0. The molecule has 2 fully saturated rings. The van der Waals surface area contributed by atoms with Gasteiger partial charge in [-0.3, -0.25) is 9.59 Å². The normalized spacial score (nSPS) is 23.7. The number of ether oxygens (including phenoxy) is 1. The first-order chi connectivity index (χ1) is 8.66. The molecule has 0 aromatic rings. The molecule has 1 heterocycles. The molecule has 0 radical (unpaired) electrons. The molecule has 0 aromatic heterocycles. The first kappa shape index (κ1) is 13.3. The number of hydrogen-bond donors (Lipinski definition) is 1. The quantitative estimate of drug-likeness (QED) is 0.779. The predicted octanol–water partition coefficient (Wildman–Crippen LogP) is 1.41. The van der Waals surface area contributed by atoms with Gasteiger partial charge in [0.2, 0.25) is 5.91 Å². The second-order valence-electron chi connectivity index (χ2n) is 5.17. The Kier molecular flexibility index (Phi) is 4.58. The summed E-state index contributed by atoms with van der Waals surface area (Å²) in [6.45, 7) is 0.634. The van der Waals surface area contributed by atoms with E-state index in [-0.39, 0.29) is 24.6 Å². The van der Waals surface area contributed by atoms with Crippen LogP contribution in [0.25, 0.3) is 0 Å². The van der Waals surface area contributed by atoms with E-state index in [2.05, 4.69) is 0 Å². The third-order valence-electron chi connectivity index (χ3n) is 3.57. The summed E-state index contributed by atoms with van der Waals surface area (Å²) in [5.41, 5.74) is 0. The molecule has 0 aromatic carbocycles. The SMILES string of the molecule is O=C(O)CN(C(=O)CC[C@@H]1CCCCO1)C1CC1. The van der Waals surface area contributed by atoms with Gasteiger partial charge in [0.1, 0.15) is 6.54 Å². The largest absolute Gasteiger partial charge is 0.480 e. The van der Waals surface area contributed by atoms with Gasteiger partial charge in [-0.25, -0.2) is 0 Å². The lowest BCUT2D eigenvalue weighted by Crippen LogP contribution is -2.37.